The van der Waals surface area contributed by atoms with Crippen LogP contribution in [0.2, 0.25) is 0 Å². The van der Waals surface area contributed by atoms with Gasteiger partial charge in [0.1, 0.15) is 11.3 Å². The van der Waals surface area contributed by atoms with Crippen LogP contribution in [0, 0.1) is 0 Å². The highest BCUT2D eigenvalue weighted by Gasteiger charge is 2.30. The van der Waals surface area contributed by atoms with Crippen LogP contribution in [0.1, 0.15) is 37.0 Å². The summed E-state index contributed by atoms with van der Waals surface area (Å²) in [7, 11) is 1.61. The number of hydroxylamine groups is 1. The standard InChI is InChI=1S/C26H25N5O5/c1-26(2,3)23-20-21(27-28-23)25(33)31(22(20)16-7-5-6-8-18(16)35-4)15-11-9-14(10-12-15)19-13-17(30-36-19)24(32)29-34/h5-13,27,33-34H,1-4H3,(H,29,32). The molecule has 0 atom stereocenters. The van der Waals surface area contributed by atoms with Gasteiger partial charge in [0, 0.05) is 28.3 Å². The van der Waals surface area contributed by atoms with Crippen molar-refractivity contribution < 1.29 is 24.4 Å². The molecule has 0 fully saturated rings. The Bertz CT molecular complexity index is 1570. The molecule has 0 bridgehead atoms. The lowest BCUT2D eigenvalue weighted by Gasteiger charge is -2.18. The predicted octanol–water partition coefficient (Wildman–Crippen LogP) is 4.81. The largest absolute Gasteiger partial charge is 0.496 e. The minimum atomic E-state index is -0.765. The fourth-order valence-electron chi connectivity index (χ4n) is 4.30. The second-order valence-electron chi connectivity index (χ2n) is 9.34. The Morgan fingerprint density at radius 1 is 1.14 bits per heavy atom. The molecular weight excluding hydrogens is 462 g/mol. The first-order valence-electron chi connectivity index (χ1n) is 11.2. The van der Waals surface area contributed by atoms with E-state index >= 15 is 0 Å². The number of carbonyl (C=O) groups is 1. The number of benzene rings is 2. The van der Waals surface area contributed by atoms with Crippen molar-refractivity contribution in [3.05, 3.63) is 66.0 Å². The van der Waals surface area contributed by atoms with E-state index in [4.69, 9.17) is 14.5 Å². The predicted molar refractivity (Wildman–Crippen MR) is 133 cm³/mol. The van der Waals surface area contributed by atoms with Gasteiger partial charge in [0.05, 0.1) is 23.9 Å². The van der Waals surface area contributed by atoms with Gasteiger partial charge in [0.25, 0.3) is 5.91 Å². The first kappa shape index (κ1) is 23.2. The molecule has 0 radical (unpaired) electrons. The van der Waals surface area contributed by atoms with Gasteiger partial charge in [-0.05, 0) is 36.4 Å². The number of amides is 1. The lowest BCUT2D eigenvalue weighted by atomic mass is 9.89. The first-order chi connectivity index (χ1) is 17.2. The fourth-order valence-corrected chi connectivity index (χ4v) is 4.30. The highest BCUT2D eigenvalue weighted by Crippen LogP contribution is 2.46. The molecule has 10 nitrogen and oxygen atoms in total. The van der Waals surface area contributed by atoms with Crippen LogP contribution in [0.4, 0.5) is 0 Å². The minimum absolute atomic E-state index is 0.0169. The lowest BCUT2D eigenvalue weighted by molar-refractivity contribution is 0.0696. The number of fused-ring (bicyclic) bond motifs is 1. The number of H-pyrrole nitrogens is 1. The topological polar surface area (TPSA) is 138 Å². The molecule has 4 N–H and O–H groups in total. The number of nitrogens with zero attached hydrogens (tertiary/aromatic N) is 3. The third-order valence-electron chi connectivity index (χ3n) is 5.99. The molecule has 0 unspecified atom stereocenters. The van der Waals surface area contributed by atoms with Crippen LogP contribution < -0.4 is 10.2 Å². The molecule has 5 aromatic rings. The molecule has 3 aromatic heterocycles. The Hall–Kier alpha value is -4.57. The van der Waals surface area contributed by atoms with Crippen molar-refractivity contribution in [2.45, 2.75) is 26.2 Å². The number of aromatic hydroxyl groups is 1. The summed E-state index contributed by atoms with van der Waals surface area (Å²) in [5.74, 6) is 0.266. The number of ether oxygens (including phenoxy) is 1. The van der Waals surface area contributed by atoms with Gasteiger partial charge in [-0.15, -0.1) is 0 Å². The van der Waals surface area contributed by atoms with E-state index in [0.29, 0.717) is 28.3 Å². The number of nitrogens with one attached hydrogen (secondary N) is 2. The molecule has 36 heavy (non-hydrogen) atoms. The number of hydrogen-bond donors (Lipinski definition) is 4. The Balaban J connectivity index is 1.71. The molecule has 0 aliphatic carbocycles. The third-order valence-corrected chi connectivity index (χ3v) is 5.99. The summed E-state index contributed by atoms with van der Waals surface area (Å²) in [6, 6.07) is 16.3. The third kappa shape index (κ3) is 3.68. The van der Waals surface area contributed by atoms with E-state index in [0.717, 1.165) is 22.3 Å². The van der Waals surface area contributed by atoms with Crippen LogP contribution in [0.15, 0.2) is 59.1 Å². The quantitative estimate of drug-likeness (QED) is 0.206. The zero-order valence-corrected chi connectivity index (χ0v) is 20.2. The Labute approximate surface area is 206 Å². The molecule has 2 aromatic carbocycles. The Morgan fingerprint density at radius 3 is 2.53 bits per heavy atom. The molecule has 0 spiro atoms. The summed E-state index contributed by atoms with van der Waals surface area (Å²) in [5, 5.41) is 32.2. The summed E-state index contributed by atoms with van der Waals surface area (Å²) >= 11 is 0. The molecule has 1 amide bonds. The summed E-state index contributed by atoms with van der Waals surface area (Å²) < 4.78 is 12.7. The van der Waals surface area contributed by atoms with Crippen LogP contribution in [-0.4, -0.2) is 43.3 Å². The van der Waals surface area contributed by atoms with E-state index in [-0.39, 0.29) is 17.0 Å². The van der Waals surface area contributed by atoms with Crippen molar-refractivity contribution in [1.82, 2.24) is 25.4 Å². The van der Waals surface area contributed by atoms with Gasteiger partial charge >= 0.3 is 0 Å². The van der Waals surface area contributed by atoms with Gasteiger partial charge in [-0.1, -0.05) is 38.1 Å². The zero-order chi connectivity index (χ0) is 25.6. The Morgan fingerprint density at radius 2 is 1.86 bits per heavy atom. The number of methoxy groups -OCH3 is 1. The van der Waals surface area contributed by atoms with Crippen LogP contribution in [0.5, 0.6) is 11.6 Å². The maximum Gasteiger partial charge on any atom is 0.296 e. The maximum atomic E-state index is 11.6. The molecule has 0 saturated heterocycles. The number of rotatable bonds is 5. The van der Waals surface area contributed by atoms with Gasteiger partial charge < -0.3 is 14.4 Å². The second-order valence-corrected chi connectivity index (χ2v) is 9.34. The van der Waals surface area contributed by atoms with Crippen molar-refractivity contribution in [3.8, 4) is 39.9 Å². The van der Waals surface area contributed by atoms with E-state index in [1.165, 1.54) is 11.5 Å². The summed E-state index contributed by atoms with van der Waals surface area (Å²) in [4.78, 5) is 11.6. The number of para-hydroxylation sites is 1. The minimum Gasteiger partial charge on any atom is -0.496 e. The van der Waals surface area contributed by atoms with Crippen LogP contribution in [0.3, 0.4) is 0 Å². The van der Waals surface area contributed by atoms with Crippen LogP contribution >= 0.6 is 0 Å². The molecule has 3 heterocycles. The monoisotopic (exact) mass is 487 g/mol. The van der Waals surface area contributed by atoms with Crippen molar-refractivity contribution in [3.63, 3.8) is 0 Å². The second kappa shape index (κ2) is 8.58. The average molecular weight is 488 g/mol. The van der Waals surface area contributed by atoms with E-state index in [9.17, 15) is 9.90 Å². The zero-order valence-electron chi connectivity index (χ0n) is 20.2. The molecule has 10 heteroatoms. The molecule has 184 valence electrons. The summed E-state index contributed by atoms with van der Waals surface area (Å²) in [6.45, 7) is 6.21. The van der Waals surface area contributed by atoms with Crippen molar-refractivity contribution in [2.75, 3.05) is 7.11 Å². The van der Waals surface area contributed by atoms with E-state index in [1.54, 1.807) is 23.8 Å². The molecule has 0 aliphatic heterocycles. The van der Waals surface area contributed by atoms with Gasteiger partial charge in [0.2, 0.25) is 5.88 Å². The highest BCUT2D eigenvalue weighted by atomic mass is 16.5. The van der Waals surface area contributed by atoms with Crippen molar-refractivity contribution >= 4 is 16.8 Å². The SMILES string of the molecule is COc1ccccc1-c1c2c(C(C)(C)C)n[nH]c2c(O)n1-c1ccc(-c2cc(C(=O)NO)no2)cc1. The highest BCUT2D eigenvalue weighted by molar-refractivity contribution is 6.02. The molecule has 0 saturated carbocycles. The Kier molecular flexibility index (Phi) is 5.52. The molecular formula is C26H25N5O5. The first-order valence-corrected chi connectivity index (χ1v) is 11.2. The van der Waals surface area contributed by atoms with E-state index < -0.39 is 5.91 Å². The van der Waals surface area contributed by atoms with Gasteiger partial charge in [0.15, 0.2) is 11.5 Å². The number of aromatic amines is 1. The van der Waals surface area contributed by atoms with Gasteiger partial charge in [-0.3, -0.25) is 19.7 Å². The van der Waals surface area contributed by atoms with Crippen molar-refractivity contribution in [1.29, 1.82) is 0 Å². The van der Waals surface area contributed by atoms with E-state index in [2.05, 4.69) is 36.1 Å². The maximum absolute atomic E-state index is 11.6. The molecule has 5 rings (SSSR count). The van der Waals surface area contributed by atoms with Crippen LogP contribution in [0.25, 0.3) is 39.2 Å². The van der Waals surface area contributed by atoms with Crippen LogP contribution in [-0.2, 0) is 5.41 Å². The lowest BCUT2D eigenvalue weighted by Crippen LogP contribution is -2.18. The number of aromatic nitrogens is 4. The smallest absolute Gasteiger partial charge is 0.296 e. The number of hydrogen-bond acceptors (Lipinski definition) is 7. The van der Waals surface area contributed by atoms with Crippen molar-refractivity contribution in [2.24, 2.45) is 0 Å². The summed E-state index contributed by atoms with van der Waals surface area (Å²) in [5.41, 5.74) is 5.44. The van der Waals surface area contributed by atoms with E-state index in [1.807, 2.05) is 36.4 Å². The molecule has 0 aliphatic rings. The normalized spacial score (nSPS) is 11.7. The van der Waals surface area contributed by atoms with Gasteiger partial charge in [-0.2, -0.15) is 5.10 Å². The van der Waals surface area contributed by atoms with Gasteiger partial charge in [-0.25, -0.2) is 5.48 Å². The summed E-state index contributed by atoms with van der Waals surface area (Å²) in [6.07, 6.45) is 0. The average Bonchev–Trinajstić information content (AvgIpc) is 3.59. The number of carbonyl (C=O) groups excluding carboxylic acids is 1. The fraction of sp³-hybridized carbons (Fsp3) is 0.192.